The number of H-pyrrole nitrogens is 1. The third-order valence-electron chi connectivity index (χ3n) is 10.0. The fourth-order valence-corrected chi connectivity index (χ4v) is 8.75. The van der Waals surface area contributed by atoms with Gasteiger partial charge in [0, 0.05) is 27.6 Å². The van der Waals surface area contributed by atoms with E-state index in [9.17, 15) is 9.90 Å². The summed E-state index contributed by atoms with van der Waals surface area (Å²) in [6.07, 6.45) is -0.461. The van der Waals surface area contributed by atoms with Gasteiger partial charge in [0.2, 0.25) is 11.8 Å². The van der Waals surface area contributed by atoms with Crippen molar-refractivity contribution in [3.05, 3.63) is 91.7 Å². The molecule has 0 aliphatic carbocycles. The number of nitrogens with two attached hydrogens (primary N) is 1. The van der Waals surface area contributed by atoms with Gasteiger partial charge in [-0.25, -0.2) is 4.98 Å². The molecule has 10 bridgehead atoms. The Balaban J connectivity index is 1.51. The Morgan fingerprint density at radius 1 is 1.08 bits per heavy atom. The number of hydrogen-bond acceptors (Lipinski definition) is 8. The van der Waals surface area contributed by atoms with E-state index < -0.39 is 23.6 Å². The molecule has 6 aromatic rings. The van der Waals surface area contributed by atoms with Crippen LogP contribution >= 0.6 is 39.1 Å². The predicted molar refractivity (Wildman–Crippen MR) is 188 cm³/mol. The van der Waals surface area contributed by atoms with E-state index in [-0.39, 0.29) is 52.4 Å². The predicted octanol–water partition coefficient (Wildman–Crippen LogP) is 8.05. The molecule has 4 unspecified atom stereocenters. The van der Waals surface area contributed by atoms with E-state index in [4.69, 9.17) is 52.5 Å². The Kier molecular flexibility index (Phi) is 6.65. The summed E-state index contributed by atoms with van der Waals surface area (Å²) >= 11 is 17.4. The van der Waals surface area contributed by atoms with Crippen molar-refractivity contribution in [3.8, 4) is 45.5 Å². The van der Waals surface area contributed by atoms with Gasteiger partial charge in [-0.3, -0.25) is 4.79 Å². The summed E-state index contributed by atoms with van der Waals surface area (Å²) in [7, 11) is 0. The highest BCUT2D eigenvalue weighted by molar-refractivity contribution is 9.10. The quantitative estimate of drug-likeness (QED) is 0.131. The van der Waals surface area contributed by atoms with Crippen molar-refractivity contribution in [3.63, 3.8) is 0 Å². The lowest BCUT2D eigenvalue weighted by Gasteiger charge is -2.33. The molecule has 5 N–H and O–H groups in total. The van der Waals surface area contributed by atoms with Gasteiger partial charge in [-0.1, -0.05) is 73.4 Å². The number of benzene rings is 3. The Morgan fingerprint density at radius 3 is 2.65 bits per heavy atom. The third-order valence-corrected chi connectivity index (χ3v) is 11.1. The van der Waals surface area contributed by atoms with Crippen LogP contribution in [0, 0.1) is 5.92 Å². The molecular weight excluding hydrogens is 733 g/mol. The van der Waals surface area contributed by atoms with Crippen LogP contribution in [0.15, 0.2) is 61.8 Å². The number of aromatic nitrogens is 3. The lowest BCUT2D eigenvalue weighted by atomic mass is 9.68. The Labute approximate surface area is 298 Å². The standard InChI is InChI=1S/C36H28BrCl2N5O5/c1-13(2)25-34-43-26-30(49-34)36(19-10-15(11-20(37)27(19)45)12-21(40)33(46)42-25)14(3)47-28-17(7-4-8-18(28)36)16-6-5-9-22-23(16)24(31(38)41-22)29-32(39)44-35(26)48-29/h4-11,13-14,21,25,41,45H,12,40H2,1-3H3,(H,42,46). The summed E-state index contributed by atoms with van der Waals surface area (Å²) in [5, 5.41) is 16.2. The van der Waals surface area contributed by atoms with Crippen LogP contribution < -0.4 is 15.8 Å². The zero-order chi connectivity index (χ0) is 34.1. The molecule has 10 nitrogen and oxygen atoms in total. The van der Waals surface area contributed by atoms with Crippen molar-refractivity contribution in [1.82, 2.24) is 20.3 Å². The first-order valence-corrected chi connectivity index (χ1v) is 17.4. The SMILES string of the molecule is CC(C)C1NC(=O)C(N)Cc2cc(Br)c(O)c(c2)C23c4cccc(c4OC2C)-c2cccc4[nH]c(Cl)c(c24)-c2oc(nc2Cl)-c2nc1oc23. The molecule has 3 aromatic heterocycles. The summed E-state index contributed by atoms with van der Waals surface area (Å²) in [6.45, 7) is 5.84. The Morgan fingerprint density at radius 2 is 1.86 bits per heavy atom. The Hall–Kier alpha value is -4.29. The van der Waals surface area contributed by atoms with Crippen molar-refractivity contribution in [2.75, 3.05) is 0 Å². The van der Waals surface area contributed by atoms with Crippen LogP contribution in [0.4, 0.5) is 0 Å². The molecule has 0 saturated carbocycles. The number of carbonyl (C=O) groups excluding carboxylic acids is 1. The number of para-hydroxylation sites is 1. The number of oxazole rings is 2. The van der Waals surface area contributed by atoms with E-state index in [0.717, 1.165) is 33.2 Å². The number of aromatic hydroxyl groups is 1. The molecule has 3 aromatic carbocycles. The summed E-state index contributed by atoms with van der Waals surface area (Å²) in [5.74, 6) is 0.878. The fourth-order valence-electron chi connectivity index (χ4n) is 7.75. The number of halogens is 3. The maximum Gasteiger partial charge on any atom is 0.250 e. The lowest BCUT2D eigenvalue weighted by Crippen LogP contribution is -2.45. The van der Waals surface area contributed by atoms with Crippen molar-refractivity contribution in [2.24, 2.45) is 11.7 Å². The fraction of sp³-hybridized carbons (Fsp3) is 0.250. The van der Waals surface area contributed by atoms with Gasteiger partial charge >= 0.3 is 0 Å². The van der Waals surface area contributed by atoms with Gasteiger partial charge in [0.1, 0.15) is 34.2 Å². The van der Waals surface area contributed by atoms with E-state index in [2.05, 4.69) is 26.2 Å². The van der Waals surface area contributed by atoms with Crippen LogP contribution in [-0.4, -0.2) is 38.1 Å². The monoisotopic (exact) mass is 759 g/mol. The molecular formula is C36H28BrCl2N5O5. The highest BCUT2D eigenvalue weighted by atomic mass is 79.9. The lowest BCUT2D eigenvalue weighted by molar-refractivity contribution is -0.123. The highest BCUT2D eigenvalue weighted by Crippen LogP contribution is 2.60. The number of fused-ring (bicyclic) bond motifs is 8. The highest BCUT2D eigenvalue weighted by Gasteiger charge is 2.57. The number of nitrogens with zero attached hydrogens (tertiary/aromatic N) is 2. The van der Waals surface area contributed by atoms with E-state index in [1.165, 1.54) is 0 Å². The second-order valence-corrected chi connectivity index (χ2v) is 14.8. The van der Waals surface area contributed by atoms with Gasteiger partial charge in [0.05, 0.1) is 16.1 Å². The van der Waals surface area contributed by atoms with Crippen molar-refractivity contribution in [2.45, 2.75) is 50.8 Å². The largest absolute Gasteiger partial charge is 0.506 e. The molecule has 0 fully saturated rings. The molecule has 0 radical (unpaired) electrons. The van der Waals surface area contributed by atoms with E-state index in [0.29, 0.717) is 32.3 Å². The second kappa shape index (κ2) is 10.6. The minimum Gasteiger partial charge on any atom is -0.506 e. The smallest absolute Gasteiger partial charge is 0.250 e. The van der Waals surface area contributed by atoms with E-state index in [1.54, 1.807) is 6.07 Å². The molecule has 4 atom stereocenters. The second-order valence-electron chi connectivity index (χ2n) is 13.2. The molecule has 13 heteroatoms. The number of ether oxygens (including phenoxy) is 1. The number of phenolic OH excluding ortho intramolecular Hbond substituents is 1. The average molecular weight is 761 g/mol. The van der Waals surface area contributed by atoms with Gasteiger partial charge in [-0.15, -0.1) is 0 Å². The average Bonchev–Trinajstić information content (AvgIpc) is 3.81. The molecule has 1 spiro atoms. The zero-order valence-electron chi connectivity index (χ0n) is 26.3. The van der Waals surface area contributed by atoms with Crippen molar-refractivity contribution in [1.29, 1.82) is 0 Å². The number of hydrogen-bond donors (Lipinski definition) is 4. The van der Waals surface area contributed by atoms with E-state index >= 15 is 0 Å². The molecule has 0 saturated heterocycles. The van der Waals surface area contributed by atoms with Crippen LogP contribution in [0.2, 0.25) is 10.3 Å². The summed E-state index contributed by atoms with van der Waals surface area (Å²) in [4.78, 5) is 26.5. The van der Waals surface area contributed by atoms with Gasteiger partial charge in [-0.05, 0) is 58.5 Å². The first-order chi connectivity index (χ1) is 23.5. The molecule has 9 rings (SSSR count). The number of phenols is 1. The van der Waals surface area contributed by atoms with Gasteiger partial charge in [0.15, 0.2) is 22.4 Å². The summed E-state index contributed by atoms with van der Waals surface area (Å²) < 4.78 is 20.8. The Bertz CT molecular complexity index is 2400. The van der Waals surface area contributed by atoms with Crippen LogP contribution in [-0.2, 0) is 16.6 Å². The first kappa shape index (κ1) is 30.7. The molecule has 6 heterocycles. The summed E-state index contributed by atoms with van der Waals surface area (Å²) in [5.41, 5.74) is 10.3. The number of carbonyl (C=O) groups is 1. The number of aromatic amines is 1. The topological polar surface area (TPSA) is 152 Å². The number of amides is 1. The van der Waals surface area contributed by atoms with Crippen LogP contribution in [0.1, 0.15) is 55.2 Å². The minimum atomic E-state index is -1.31. The molecule has 49 heavy (non-hydrogen) atoms. The maximum absolute atomic E-state index is 13.5. The molecule has 3 aliphatic heterocycles. The van der Waals surface area contributed by atoms with Crippen LogP contribution in [0.25, 0.3) is 44.9 Å². The number of rotatable bonds is 1. The summed E-state index contributed by atoms with van der Waals surface area (Å²) in [6, 6.07) is 13.8. The van der Waals surface area contributed by atoms with Gasteiger partial charge in [0.25, 0.3) is 5.89 Å². The molecule has 3 aliphatic rings. The van der Waals surface area contributed by atoms with Gasteiger partial charge < -0.3 is 34.7 Å². The first-order valence-electron chi connectivity index (χ1n) is 15.9. The van der Waals surface area contributed by atoms with E-state index in [1.807, 2.05) is 63.2 Å². The van der Waals surface area contributed by atoms with Crippen LogP contribution in [0.5, 0.6) is 11.5 Å². The normalized spacial score (nSPS) is 22.2. The van der Waals surface area contributed by atoms with Gasteiger partial charge in [-0.2, -0.15) is 4.98 Å². The van der Waals surface area contributed by atoms with Crippen molar-refractivity contribution >= 4 is 55.9 Å². The molecule has 1 amide bonds. The minimum absolute atomic E-state index is 0.0307. The van der Waals surface area contributed by atoms with Crippen LogP contribution in [0.3, 0.4) is 0 Å². The third kappa shape index (κ3) is 4.13. The molecule has 248 valence electrons. The number of nitrogens with one attached hydrogen (secondary N) is 2. The zero-order valence-corrected chi connectivity index (χ0v) is 29.4. The van der Waals surface area contributed by atoms with Crippen molar-refractivity contribution < 1.29 is 23.5 Å². The maximum atomic E-state index is 13.5.